The predicted octanol–water partition coefficient (Wildman–Crippen LogP) is 4.32. The molecule has 0 bridgehead atoms. The smallest absolute Gasteiger partial charge is 0.315 e. The van der Waals surface area contributed by atoms with Gasteiger partial charge in [-0.15, -0.1) is 0 Å². The van der Waals surface area contributed by atoms with Crippen LogP contribution in [0.25, 0.3) is 0 Å². The van der Waals surface area contributed by atoms with E-state index in [1.807, 2.05) is 42.5 Å². The third kappa shape index (κ3) is 6.47. The molecule has 3 aromatic rings. The van der Waals surface area contributed by atoms with Gasteiger partial charge in [-0.25, -0.2) is 9.78 Å². The molecule has 0 aliphatic carbocycles. The average molecular weight is 443 g/mol. The second-order valence-electron chi connectivity index (χ2n) is 6.50. The van der Waals surface area contributed by atoms with Gasteiger partial charge in [0.25, 0.3) is 5.91 Å². The van der Waals surface area contributed by atoms with Gasteiger partial charge in [0.15, 0.2) is 0 Å². The number of carbonyl (C=O) groups is 2. The fourth-order valence-corrected chi connectivity index (χ4v) is 3.02. The maximum atomic E-state index is 12.2. The van der Waals surface area contributed by atoms with Crippen molar-refractivity contribution in [3.05, 3.63) is 99.3 Å². The number of nitrogens with one attached hydrogen (secondary N) is 3. The first-order valence-corrected chi connectivity index (χ1v) is 9.99. The van der Waals surface area contributed by atoms with Crippen molar-refractivity contribution < 1.29 is 9.59 Å². The van der Waals surface area contributed by atoms with Crippen LogP contribution in [0.4, 0.5) is 4.79 Å². The summed E-state index contributed by atoms with van der Waals surface area (Å²) >= 11 is 11.8. The Kier molecular flexibility index (Phi) is 7.65. The lowest BCUT2D eigenvalue weighted by Crippen LogP contribution is -2.34. The van der Waals surface area contributed by atoms with Gasteiger partial charge in [0, 0.05) is 30.9 Å². The monoisotopic (exact) mass is 442 g/mol. The number of nitrogens with zero attached hydrogens (tertiary/aromatic N) is 1. The summed E-state index contributed by atoms with van der Waals surface area (Å²) in [4.78, 5) is 28.1. The van der Waals surface area contributed by atoms with Crippen LogP contribution in [-0.2, 0) is 19.6 Å². The molecule has 30 heavy (non-hydrogen) atoms. The Morgan fingerprint density at radius 2 is 1.50 bits per heavy atom. The number of urea groups is 1. The number of aromatic nitrogens is 1. The van der Waals surface area contributed by atoms with Crippen LogP contribution in [0.15, 0.2) is 66.9 Å². The molecule has 0 spiro atoms. The van der Waals surface area contributed by atoms with E-state index in [9.17, 15) is 9.59 Å². The maximum absolute atomic E-state index is 12.2. The van der Waals surface area contributed by atoms with E-state index < -0.39 is 0 Å². The molecule has 0 saturated heterocycles. The summed E-state index contributed by atoms with van der Waals surface area (Å²) in [6, 6.07) is 17.9. The van der Waals surface area contributed by atoms with E-state index in [0.717, 1.165) is 16.7 Å². The highest BCUT2D eigenvalue weighted by molar-refractivity contribution is 6.31. The largest absolute Gasteiger partial charge is 0.348 e. The summed E-state index contributed by atoms with van der Waals surface area (Å²) in [6.07, 6.45) is 1.43. The summed E-state index contributed by atoms with van der Waals surface area (Å²) in [5, 5.41) is 9.38. The van der Waals surface area contributed by atoms with Gasteiger partial charge in [-0.3, -0.25) is 4.79 Å². The Hall–Kier alpha value is -3.09. The van der Waals surface area contributed by atoms with Crippen LogP contribution in [0.2, 0.25) is 10.2 Å². The number of pyridine rings is 1. The summed E-state index contributed by atoms with van der Waals surface area (Å²) in [6.45, 7) is 1.06. The van der Waals surface area contributed by atoms with Crippen LogP contribution in [0.5, 0.6) is 0 Å². The van der Waals surface area contributed by atoms with Gasteiger partial charge < -0.3 is 16.0 Å². The lowest BCUT2D eigenvalue weighted by molar-refractivity contribution is 0.0950. The molecule has 1 heterocycles. The molecule has 0 radical (unpaired) electrons. The second-order valence-corrected chi connectivity index (χ2v) is 7.29. The molecule has 0 fully saturated rings. The van der Waals surface area contributed by atoms with Gasteiger partial charge in [0.1, 0.15) is 5.15 Å². The van der Waals surface area contributed by atoms with Crippen molar-refractivity contribution in [2.75, 3.05) is 0 Å². The second kappa shape index (κ2) is 10.6. The van der Waals surface area contributed by atoms with Crippen LogP contribution in [0, 0.1) is 0 Å². The molecule has 0 atom stereocenters. The first kappa shape index (κ1) is 21.6. The third-order valence-electron chi connectivity index (χ3n) is 4.28. The van der Waals surface area contributed by atoms with Crippen LogP contribution in [-0.4, -0.2) is 16.9 Å². The number of halogens is 2. The molecular formula is C22H20Cl2N4O2. The molecule has 2 aromatic carbocycles. The number of rotatable bonds is 7. The minimum absolute atomic E-state index is 0.235. The molecule has 0 aliphatic heterocycles. The van der Waals surface area contributed by atoms with E-state index >= 15 is 0 Å². The number of carbonyl (C=O) groups excluding carboxylic acids is 2. The Balaban J connectivity index is 1.46. The summed E-state index contributed by atoms with van der Waals surface area (Å²) in [5.74, 6) is -0.235. The molecule has 8 heteroatoms. The van der Waals surface area contributed by atoms with E-state index in [1.165, 1.54) is 6.20 Å². The van der Waals surface area contributed by atoms with Crippen LogP contribution in [0.3, 0.4) is 0 Å². The zero-order valence-electron chi connectivity index (χ0n) is 16.0. The number of amides is 3. The molecule has 3 rings (SSSR count). The van der Waals surface area contributed by atoms with Gasteiger partial charge in [0.2, 0.25) is 0 Å². The molecule has 6 nitrogen and oxygen atoms in total. The third-order valence-corrected chi connectivity index (χ3v) is 4.88. The molecule has 154 valence electrons. The lowest BCUT2D eigenvalue weighted by atomic mass is 10.1. The number of hydrogen-bond acceptors (Lipinski definition) is 3. The van der Waals surface area contributed by atoms with Crippen LogP contribution in [0.1, 0.15) is 27.0 Å². The molecular weight excluding hydrogens is 423 g/mol. The number of benzene rings is 2. The van der Waals surface area contributed by atoms with Crippen molar-refractivity contribution in [1.82, 2.24) is 20.9 Å². The van der Waals surface area contributed by atoms with Gasteiger partial charge in [-0.05, 0) is 34.9 Å². The fraction of sp³-hybridized carbons (Fsp3) is 0.136. The van der Waals surface area contributed by atoms with Crippen molar-refractivity contribution in [2.24, 2.45) is 0 Å². The highest BCUT2D eigenvalue weighted by atomic mass is 35.5. The summed E-state index contributed by atoms with van der Waals surface area (Å²) < 4.78 is 0. The molecule has 1 aromatic heterocycles. The van der Waals surface area contributed by atoms with Gasteiger partial charge in [-0.1, -0.05) is 65.7 Å². The molecule has 3 N–H and O–H groups in total. The first-order valence-electron chi connectivity index (χ1n) is 9.24. The Morgan fingerprint density at radius 3 is 2.20 bits per heavy atom. The maximum Gasteiger partial charge on any atom is 0.315 e. The minimum atomic E-state index is -0.288. The normalized spacial score (nSPS) is 10.3. The van der Waals surface area contributed by atoms with E-state index in [-0.39, 0.29) is 11.9 Å². The molecule has 0 saturated carbocycles. The Labute approximate surface area is 184 Å². The van der Waals surface area contributed by atoms with Crippen molar-refractivity contribution in [2.45, 2.75) is 19.6 Å². The summed E-state index contributed by atoms with van der Waals surface area (Å²) in [5.41, 5.74) is 3.12. The van der Waals surface area contributed by atoms with Gasteiger partial charge in [0.05, 0.1) is 5.56 Å². The zero-order chi connectivity index (χ0) is 21.3. The zero-order valence-corrected chi connectivity index (χ0v) is 17.5. The predicted molar refractivity (Wildman–Crippen MR) is 117 cm³/mol. The number of hydrogen-bond donors (Lipinski definition) is 3. The highest BCUT2D eigenvalue weighted by Crippen LogP contribution is 2.14. The van der Waals surface area contributed by atoms with Crippen molar-refractivity contribution in [1.29, 1.82) is 0 Å². The SMILES string of the molecule is O=C(NCc1cccc(CNC(=O)c2ccc(Cl)nc2)c1)NCc1ccccc1Cl. The van der Waals surface area contributed by atoms with E-state index in [0.29, 0.717) is 35.4 Å². The minimum Gasteiger partial charge on any atom is -0.348 e. The summed E-state index contributed by atoms with van der Waals surface area (Å²) in [7, 11) is 0. The molecule has 0 unspecified atom stereocenters. The lowest BCUT2D eigenvalue weighted by Gasteiger charge is -2.10. The Bertz CT molecular complexity index is 1030. The van der Waals surface area contributed by atoms with Crippen molar-refractivity contribution >= 4 is 35.1 Å². The van der Waals surface area contributed by atoms with Crippen LogP contribution < -0.4 is 16.0 Å². The van der Waals surface area contributed by atoms with E-state index in [1.54, 1.807) is 18.2 Å². The fourth-order valence-electron chi connectivity index (χ4n) is 2.71. The highest BCUT2D eigenvalue weighted by Gasteiger charge is 2.07. The van der Waals surface area contributed by atoms with E-state index in [2.05, 4.69) is 20.9 Å². The van der Waals surface area contributed by atoms with Gasteiger partial charge in [-0.2, -0.15) is 0 Å². The first-order chi connectivity index (χ1) is 14.5. The van der Waals surface area contributed by atoms with Crippen molar-refractivity contribution in [3.63, 3.8) is 0 Å². The topological polar surface area (TPSA) is 83.1 Å². The van der Waals surface area contributed by atoms with Gasteiger partial charge >= 0.3 is 6.03 Å². The van der Waals surface area contributed by atoms with Crippen LogP contribution >= 0.6 is 23.2 Å². The average Bonchev–Trinajstić information content (AvgIpc) is 2.76. The standard InChI is InChI=1S/C22H20Cl2N4O2/c23-19-7-2-1-6-17(19)13-28-22(30)27-12-16-5-3-4-15(10-16)11-26-21(29)18-8-9-20(24)25-14-18/h1-10,14H,11-13H2,(H,26,29)(H2,27,28,30). The van der Waals surface area contributed by atoms with Crippen molar-refractivity contribution in [3.8, 4) is 0 Å². The molecule has 3 amide bonds. The Morgan fingerprint density at radius 1 is 0.800 bits per heavy atom. The quantitative estimate of drug-likeness (QED) is 0.476. The van der Waals surface area contributed by atoms with E-state index in [4.69, 9.17) is 23.2 Å². The molecule has 0 aliphatic rings.